The van der Waals surface area contributed by atoms with E-state index in [1.807, 2.05) is 0 Å². The summed E-state index contributed by atoms with van der Waals surface area (Å²) >= 11 is 0. The molecule has 4 rings (SSSR count). The molecule has 0 heterocycles. The minimum Gasteiger partial charge on any atom is -0.193 e. The zero-order valence-corrected chi connectivity index (χ0v) is 8.74. The molecule has 2 unspecified atom stereocenters. The van der Waals surface area contributed by atoms with Gasteiger partial charge in [0.25, 0.3) is 0 Å². The van der Waals surface area contributed by atoms with E-state index >= 15 is 0 Å². The van der Waals surface area contributed by atoms with E-state index in [1.54, 1.807) is 0 Å². The zero-order valence-electron chi connectivity index (χ0n) is 8.74. The van der Waals surface area contributed by atoms with Crippen LogP contribution in [0.15, 0.2) is 11.1 Å². The lowest BCUT2D eigenvalue weighted by Crippen LogP contribution is -2.42. The van der Waals surface area contributed by atoms with Crippen molar-refractivity contribution in [2.75, 3.05) is 0 Å². The second-order valence-corrected chi connectivity index (χ2v) is 5.20. The van der Waals surface area contributed by atoms with Crippen molar-refractivity contribution in [2.24, 2.45) is 23.7 Å². The van der Waals surface area contributed by atoms with Gasteiger partial charge in [-0.1, -0.05) is 6.42 Å². The summed E-state index contributed by atoms with van der Waals surface area (Å²) in [6.45, 7) is 0. The Bertz CT molecular complexity index is 393. The molecule has 4 bridgehead atoms. The molecule has 15 heavy (non-hydrogen) atoms. The fourth-order valence-corrected chi connectivity index (χ4v) is 4.14. The van der Waals surface area contributed by atoms with Gasteiger partial charge in [0.1, 0.15) is 0 Å². The number of allylic oxidation sites excluding steroid dienone is 2. The largest absolute Gasteiger partial charge is 0.193 e. The Labute approximate surface area is 90.2 Å². The standard InChI is InChI=1S/C13H14N2/c14-6-11-10-4-8-2-1-3-9(5-10)13(8)12(11)7-15/h8-10,13H,1-5H2. The van der Waals surface area contributed by atoms with Crippen molar-refractivity contribution in [1.82, 2.24) is 0 Å². The quantitative estimate of drug-likeness (QED) is 0.601. The van der Waals surface area contributed by atoms with Gasteiger partial charge < -0.3 is 0 Å². The van der Waals surface area contributed by atoms with E-state index in [0.29, 0.717) is 23.7 Å². The molecule has 0 saturated heterocycles. The van der Waals surface area contributed by atoms with Crippen molar-refractivity contribution in [3.63, 3.8) is 0 Å². The van der Waals surface area contributed by atoms with Gasteiger partial charge >= 0.3 is 0 Å². The molecule has 2 nitrogen and oxygen atoms in total. The van der Waals surface area contributed by atoms with Crippen LogP contribution in [0.3, 0.4) is 0 Å². The van der Waals surface area contributed by atoms with Crippen LogP contribution in [0.5, 0.6) is 0 Å². The minimum atomic E-state index is 0.421. The van der Waals surface area contributed by atoms with Gasteiger partial charge in [0.2, 0.25) is 0 Å². The van der Waals surface area contributed by atoms with Crippen molar-refractivity contribution in [2.45, 2.75) is 32.1 Å². The molecule has 0 aromatic rings. The van der Waals surface area contributed by atoms with Crippen LogP contribution in [0.2, 0.25) is 0 Å². The van der Waals surface area contributed by atoms with E-state index < -0.39 is 0 Å². The van der Waals surface area contributed by atoms with Crippen LogP contribution in [0, 0.1) is 46.3 Å². The fourth-order valence-electron chi connectivity index (χ4n) is 4.14. The Morgan fingerprint density at radius 2 is 1.53 bits per heavy atom. The number of hydrogen-bond donors (Lipinski definition) is 0. The van der Waals surface area contributed by atoms with E-state index in [4.69, 9.17) is 5.26 Å². The molecule has 2 fully saturated rings. The minimum absolute atomic E-state index is 0.421. The Kier molecular flexibility index (Phi) is 1.86. The first kappa shape index (κ1) is 8.98. The predicted molar refractivity (Wildman–Crippen MR) is 55.3 cm³/mol. The first-order valence-electron chi connectivity index (χ1n) is 5.89. The maximum Gasteiger partial charge on any atom is 0.0960 e. The molecule has 2 saturated carbocycles. The van der Waals surface area contributed by atoms with Crippen LogP contribution in [0.1, 0.15) is 32.1 Å². The normalized spacial score (nSPS) is 42.3. The van der Waals surface area contributed by atoms with Gasteiger partial charge in [-0.25, -0.2) is 0 Å². The average Bonchev–Trinajstić information content (AvgIpc) is 2.27. The summed E-state index contributed by atoms with van der Waals surface area (Å²) in [5.74, 6) is 2.30. The highest BCUT2D eigenvalue weighted by atomic mass is 14.5. The van der Waals surface area contributed by atoms with Crippen molar-refractivity contribution in [1.29, 1.82) is 10.5 Å². The van der Waals surface area contributed by atoms with Crippen LogP contribution in [0.4, 0.5) is 0 Å². The molecular formula is C13H14N2. The Morgan fingerprint density at radius 3 is 2.07 bits per heavy atom. The molecule has 0 spiro atoms. The topological polar surface area (TPSA) is 47.6 Å². The third kappa shape index (κ3) is 1.08. The molecule has 0 radical (unpaired) electrons. The van der Waals surface area contributed by atoms with Gasteiger partial charge in [-0.3, -0.25) is 0 Å². The number of nitrogens with zero attached hydrogens (tertiary/aromatic N) is 2. The molecule has 0 aromatic heterocycles. The van der Waals surface area contributed by atoms with Crippen molar-refractivity contribution in [3.05, 3.63) is 11.1 Å². The van der Waals surface area contributed by atoms with Crippen LogP contribution >= 0.6 is 0 Å². The maximum absolute atomic E-state index is 9.21. The number of rotatable bonds is 0. The molecule has 76 valence electrons. The van der Waals surface area contributed by atoms with Crippen molar-refractivity contribution >= 4 is 0 Å². The lowest BCUT2D eigenvalue weighted by molar-refractivity contribution is 0.0762. The van der Waals surface area contributed by atoms with E-state index in [0.717, 1.165) is 11.1 Å². The summed E-state index contributed by atoms with van der Waals surface area (Å²) in [5, 5.41) is 18.3. The Balaban J connectivity index is 2.10. The molecule has 0 amide bonds. The molecule has 0 N–H and O–H groups in total. The van der Waals surface area contributed by atoms with Crippen molar-refractivity contribution < 1.29 is 0 Å². The van der Waals surface area contributed by atoms with Gasteiger partial charge in [0.05, 0.1) is 12.1 Å². The van der Waals surface area contributed by atoms with Crippen LogP contribution in [-0.4, -0.2) is 0 Å². The summed E-state index contributed by atoms with van der Waals surface area (Å²) in [7, 11) is 0. The summed E-state index contributed by atoms with van der Waals surface area (Å²) in [5.41, 5.74) is 1.69. The molecule has 2 heteroatoms. The predicted octanol–water partition coefficient (Wildman–Crippen LogP) is 2.79. The number of hydrogen-bond acceptors (Lipinski definition) is 2. The van der Waals surface area contributed by atoms with Gasteiger partial charge in [-0.2, -0.15) is 10.5 Å². The fraction of sp³-hybridized carbons (Fsp3) is 0.692. The highest BCUT2D eigenvalue weighted by Gasteiger charge is 2.48. The molecule has 0 aromatic carbocycles. The third-order valence-corrected chi connectivity index (χ3v) is 4.61. The van der Waals surface area contributed by atoms with Gasteiger partial charge in [0, 0.05) is 17.1 Å². The molecule has 2 atom stereocenters. The SMILES string of the molecule is N#CC1=C(C#N)C2C3CCCC2CC1C3. The molecule has 0 aliphatic heterocycles. The average molecular weight is 198 g/mol. The second-order valence-electron chi connectivity index (χ2n) is 5.20. The smallest absolute Gasteiger partial charge is 0.0960 e. The van der Waals surface area contributed by atoms with Crippen molar-refractivity contribution in [3.8, 4) is 12.1 Å². The highest BCUT2D eigenvalue weighted by Crippen LogP contribution is 2.56. The Morgan fingerprint density at radius 1 is 0.933 bits per heavy atom. The molecule has 4 aliphatic carbocycles. The third-order valence-electron chi connectivity index (χ3n) is 4.61. The van der Waals surface area contributed by atoms with Crippen LogP contribution in [0.25, 0.3) is 0 Å². The maximum atomic E-state index is 9.21. The van der Waals surface area contributed by atoms with Gasteiger partial charge in [0.15, 0.2) is 0 Å². The summed E-state index contributed by atoms with van der Waals surface area (Å²) in [6, 6.07) is 4.60. The van der Waals surface area contributed by atoms with E-state index in [1.165, 1.54) is 32.1 Å². The number of nitriles is 2. The molecule has 4 aliphatic rings. The van der Waals surface area contributed by atoms with E-state index in [-0.39, 0.29) is 0 Å². The van der Waals surface area contributed by atoms with E-state index in [9.17, 15) is 5.26 Å². The second kappa shape index (κ2) is 3.11. The lowest BCUT2D eigenvalue weighted by atomic mass is 9.53. The zero-order chi connectivity index (χ0) is 10.4. The van der Waals surface area contributed by atoms with Crippen LogP contribution < -0.4 is 0 Å². The first-order chi connectivity index (χ1) is 7.35. The molecular weight excluding hydrogens is 184 g/mol. The van der Waals surface area contributed by atoms with Crippen LogP contribution in [-0.2, 0) is 0 Å². The highest BCUT2D eigenvalue weighted by molar-refractivity contribution is 5.45. The first-order valence-corrected chi connectivity index (χ1v) is 5.89. The van der Waals surface area contributed by atoms with Gasteiger partial charge in [-0.05, 0) is 43.4 Å². The summed E-state index contributed by atoms with van der Waals surface area (Å²) < 4.78 is 0. The lowest BCUT2D eigenvalue weighted by Gasteiger charge is -2.50. The summed E-state index contributed by atoms with van der Waals surface area (Å²) in [4.78, 5) is 0. The summed E-state index contributed by atoms with van der Waals surface area (Å²) in [6.07, 6.45) is 6.24. The van der Waals surface area contributed by atoms with Gasteiger partial charge in [-0.15, -0.1) is 0 Å². The monoisotopic (exact) mass is 198 g/mol. The van der Waals surface area contributed by atoms with E-state index in [2.05, 4.69) is 12.1 Å². The Hall–Kier alpha value is -1.28.